The Hall–Kier alpha value is -0.570. The van der Waals surface area contributed by atoms with E-state index in [4.69, 9.17) is 4.74 Å². The number of hydrogen-bond acceptors (Lipinski definition) is 3. The van der Waals surface area contributed by atoms with E-state index >= 15 is 0 Å². The van der Waals surface area contributed by atoms with Gasteiger partial charge in [0.1, 0.15) is 0 Å². The lowest BCUT2D eigenvalue weighted by Crippen LogP contribution is -2.53. The minimum Gasteiger partial charge on any atom is -0.465 e. The van der Waals surface area contributed by atoms with Crippen molar-refractivity contribution in [3.63, 3.8) is 0 Å². The molecule has 0 amide bonds. The number of aliphatic hydroxyl groups is 1. The number of hydrogen-bond donors (Lipinski definition) is 1. The molecule has 1 N–H and O–H groups in total. The zero-order valence-corrected chi connectivity index (χ0v) is 12.6. The number of carbonyl (C=O) groups is 1. The lowest BCUT2D eigenvalue weighted by Gasteiger charge is -2.48. The van der Waals surface area contributed by atoms with Gasteiger partial charge >= 0.3 is 5.97 Å². The molecule has 19 heavy (non-hydrogen) atoms. The summed E-state index contributed by atoms with van der Waals surface area (Å²) in [5.74, 6) is -0.264. The molecule has 2 aliphatic rings. The summed E-state index contributed by atoms with van der Waals surface area (Å²) in [6.45, 7) is 5.85. The number of rotatable bonds is 3. The van der Waals surface area contributed by atoms with Gasteiger partial charge in [-0.3, -0.25) is 4.79 Å². The maximum Gasteiger partial charge on any atom is 0.314 e. The quantitative estimate of drug-likeness (QED) is 0.798. The molecule has 0 unspecified atom stereocenters. The topological polar surface area (TPSA) is 46.5 Å². The molecule has 0 aromatic heterocycles. The molecule has 2 fully saturated rings. The van der Waals surface area contributed by atoms with Crippen molar-refractivity contribution in [2.45, 2.75) is 77.7 Å². The van der Waals surface area contributed by atoms with Gasteiger partial charge in [0.15, 0.2) is 0 Å². The largest absolute Gasteiger partial charge is 0.465 e. The Morgan fingerprint density at radius 1 is 1.11 bits per heavy atom. The Kier molecular flexibility index (Phi) is 3.97. The third-order valence-electron chi connectivity index (χ3n) is 5.75. The van der Waals surface area contributed by atoms with Crippen LogP contribution in [0.15, 0.2) is 0 Å². The Morgan fingerprint density at radius 3 is 2.11 bits per heavy atom. The van der Waals surface area contributed by atoms with Crippen molar-refractivity contribution < 1.29 is 14.6 Å². The summed E-state index contributed by atoms with van der Waals surface area (Å²) in [5, 5.41) is 10.9. The van der Waals surface area contributed by atoms with E-state index in [2.05, 4.69) is 0 Å². The Balaban J connectivity index is 2.06. The zero-order valence-electron chi connectivity index (χ0n) is 12.6. The first-order valence-electron chi connectivity index (χ1n) is 7.75. The summed E-state index contributed by atoms with van der Waals surface area (Å²) in [6, 6.07) is 0. The first-order chi connectivity index (χ1) is 8.85. The average molecular weight is 268 g/mol. The van der Waals surface area contributed by atoms with Crippen LogP contribution in [0, 0.1) is 10.8 Å². The smallest absolute Gasteiger partial charge is 0.314 e. The van der Waals surface area contributed by atoms with E-state index in [-0.39, 0.29) is 5.97 Å². The number of carbonyl (C=O) groups excluding carboxylic acids is 1. The van der Waals surface area contributed by atoms with E-state index in [1.54, 1.807) is 0 Å². The molecule has 110 valence electrons. The molecule has 2 saturated carbocycles. The fourth-order valence-electron chi connectivity index (χ4n) is 3.95. The van der Waals surface area contributed by atoms with Crippen LogP contribution >= 0.6 is 0 Å². The van der Waals surface area contributed by atoms with Gasteiger partial charge in [-0.05, 0) is 64.7 Å². The third kappa shape index (κ3) is 2.54. The highest BCUT2D eigenvalue weighted by molar-refractivity contribution is 5.77. The fourth-order valence-corrected chi connectivity index (χ4v) is 3.95. The van der Waals surface area contributed by atoms with Gasteiger partial charge < -0.3 is 9.84 Å². The summed E-state index contributed by atoms with van der Waals surface area (Å²) in [6.07, 6.45) is 8.88. The van der Waals surface area contributed by atoms with Gasteiger partial charge in [-0.25, -0.2) is 0 Å². The molecule has 0 saturated heterocycles. The average Bonchev–Trinajstić information content (AvgIpc) is 2.82. The first-order valence-corrected chi connectivity index (χ1v) is 7.75. The summed E-state index contributed by atoms with van der Waals surface area (Å²) in [5.41, 5.74) is -1.23. The maximum absolute atomic E-state index is 12.1. The maximum atomic E-state index is 12.1. The van der Waals surface area contributed by atoms with Crippen molar-refractivity contribution in [1.82, 2.24) is 0 Å². The first kappa shape index (κ1) is 14.8. The van der Waals surface area contributed by atoms with Crippen molar-refractivity contribution in [1.29, 1.82) is 0 Å². The summed E-state index contributed by atoms with van der Waals surface area (Å²) in [7, 11) is 0. The van der Waals surface area contributed by atoms with Crippen molar-refractivity contribution in [2.24, 2.45) is 10.8 Å². The molecule has 0 aromatic rings. The Labute approximate surface area is 116 Å². The molecule has 0 bridgehead atoms. The van der Waals surface area contributed by atoms with Gasteiger partial charge in [0.05, 0.1) is 17.6 Å². The van der Waals surface area contributed by atoms with E-state index in [0.29, 0.717) is 12.0 Å². The van der Waals surface area contributed by atoms with Crippen LogP contribution in [0.1, 0.15) is 72.1 Å². The van der Waals surface area contributed by atoms with Crippen LogP contribution in [0.2, 0.25) is 0 Å². The highest BCUT2D eigenvalue weighted by Gasteiger charge is 2.54. The second-order valence-electron chi connectivity index (χ2n) is 7.08. The van der Waals surface area contributed by atoms with E-state index in [1.165, 1.54) is 25.7 Å². The second-order valence-corrected chi connectivity index (χ2v) is 7.08. The highest BCUT2D eigenvalue weighted by Crippen LogP contribution is 2.54. The monoisotopic (exact) mass is 268 g/mol. The van der Waals surface area contributed by atoms with Crippen molar-refractivity contribution in [2.75, 3.05) is 6.61 Å². The minimum atomic E-state index is -0.896. The molecule has 0 aliphatic heterocycles. The van der Waals surface area contributed by atoms with Crippen LogP contribution in [-0.2, 0) is 9.53 Å². The van der Waals surface area contributed by atoms with Crippen LogP contribution < -0.4 is 0 Å². The normalized spacial score (nSPS) is 25.5. The number of esters is 1. The van der Waals surface area contributed by atoms with Crippen molar-refractivity contribution >= 4 is 5.97 Å². The van der Waals surface area contributed by atoms with Gasteiger partial charge in [0.25, 0.3) is 0 Å². The van der Waals surface area contributed by atoms with Gasteiger partial charge in [-0.1, -0.05) is 12.8 Å². The molecule has 2 rings (SSSR count). The van der Waals surface area contributed by atoms with Gasteiger partial charge in [-0.15, -0.1) is 0 Å². The Bertz CT molecular complexity index is 330. The summed E-state index contributed by atoms with van der Waals surface area (Å²) < 4.78 is 5.14. The predicted molar refractivity (Wildman–Crippen MR) is 74.7 cm³/mol. The standard InChI is InChI=1S/C16H28O3/c1-4-19-13(17)14(2,3)16(18)11-9-15(10-12-16)7-5-6-8-15/h18H,4-12H2,1-3H3. The predicted octanol–water partition coefficient (Wildman–Crippen LogP) is 3.44. The van der Waals surface area contributed by atoms with Crippen LogP contribution in [0.25, 0.3) is 0 Å². The van der Waals surface area contributed by atoms with Gasteiger partial charge in [0.2, 0.25) is 0 Å². The molecule has 2 aliphatic carbocycles. The van der Waals surface area contributed by atoms with Crippen molar-refractivity contribution in [3.8, 4) is 0 Å². The molecule has 3 nitrogen and oxygen atoms in total. The molecule has 0 radical (unpaired) electrons. The molecule has 0 aromatic carbocycles. The van der Waals surface area contributed by atoms with E-state index in [9.17, 15) is 9.90 Å². The zero-order chi connectivity index (χ0) is 14.1. The molecule has 0 heterocycles. The van der Waals surface area contributed by atoms with E-state index in [0.717, 1.165) is 25.7 Å². The van der Waals surface area contributed by atoms with Crippen LogP contribution in [-0.4, -0.2) is 23.3 Å². The Morgan fingerprint density at radius 2 is 1.63 bits per heavy atom. The van der Waals surface area contributed by atoms with Crippen LogP contribution in [0.5, 0.6) is 0 Å². The molecule has 3 heteroatoms. The SMILES string of the molecule is CCOC(=O)C(C)(C)C1(O)CCC2(CCCC2)CC1. The molecular weight excluding hydrogens is 240 g/mol. The lowest BCUT2D eigenvalue weighted by atomic mass is 9.60. The third-order valence-corrected chi connectivity index (χ3v) is 5.75. The fraction of sp³-hybridized carbons (Fsp3) is 0.938. The highest BCUT2D eigenvalue weighted by atomic mass is 16.5. The van der Waals surface area contributed by atoms with Gasteiger partial charge in [0, 0.05) is 0 Å². The lowest BCUT2D eigenvalue weighted by molar-refractivity contribution is -0.178. The summed E-state index contributed by atoms with van der Waals surface area (Å²) in [4.78, 5) is 12.1. The molecular formula is C16H28O3. The van der Waals surface area contributed by atoms with E-state index in [1.807, 2.05) is 20.8 Å². The van der Waals surface area contributed by atoms with E-state index < -0.39 is 11.0 Å². The minimum absolute atomic E-state index is 0.264. The second kappa shape index (κ2) is 5.08. The van der Waals surface area contributed by atoms with Crippen molar-refractivity contribution in [3.05, 3.63) is 0 Å². The van der Waals surface area contributed by atoms with Crippen LogP contribution in [0.4, 0.5) is 0 Å². The van der Waals surface area contributed by atoms with Gasteiger partial charge in [-0.2, -0.15) is 0 Å². The van der Waals surface area contributed by atoms with Crippen LogP contribution in [0.3, 0.4) is 0 Å². The molecule has 1 spiro atoms. The molecule has 0 atom stereocenters. The summed E-state index contributed by atoms with van der Waals surface area (Å²) >= 11 is 0. The number of ether oxygens (including phenoxy) is 1.